The van der Waals surface area contributed by atoms with E-state index < -0.39 is 16.7 Å². The molecular weight excluding hydrogens is 417 g/mol. The molecule has 0 radical (unpaired) electrons. The van der Waals surface area contributed by atoms with Crippen molar-refractivity contribution in [3.8, 4) is 0 Å². The van der Waals surface area contributed by atoms with Crippen molar-refractivity contribution in [2.75, 3.05) is 5.32 Å². The largest absolute Gasteiger partial charge is 0.416 e. The molecule has 31 heavy (non-hydrogen) atoms. The van der Waals surface area contributed by atoms with Crippen molar-refractivity contribution in [2.24, 2.45) is 0 Å². The molecule has 3 aromatic rings. The Bertz CT molecular complexity index is 1120. The molecule has 0 aliphatic rings. The molecule has 0 spiro atoms. The molecule has 1 amide bonds. The molecule has 0 aliphatic heterocycles. The Kier molecular flexibility index (Phi) is 6.09. The molecular formula is C19H19F3N6O3. The van der Waals surface area contributed by atoms with E-state index in [1.165, 1.54) is 21.5 Å². The minimum absolute atomic E-state index is 0.0131. The van der Waals surface area contributed by atoms with Crippen molar-refractivity contribution >= 4 is 17.5 Å². The highest BCUT2D eigenvalue weighted by Gasteiger charge is 2.30. The summed E-state index contributed by atoms with van der Waals surface area (Å²) < 4.78 is 41.5. The van der Waals surface area contributed by atoms with Crippen molar-refractivity contribution in [1.82, 2.24) is 19.6 Å². The predicted octanol–water partition coefficient (Wildman–Crippen LogP) is 3.70. The van der Waals surface area contributed by atoms with Gasteiger partial charge in [0.1, 0.15) is 0 Å². The summed E-state index contributed by atoms with van der Waals surface area (Å²) in [5, 5.41) is 21.4. The zero-order valence-corrected chi connectivity index (χ0v) is 16.7. The van der Waals surface area contributed by atoms with Crippen molar-refractivity contribution in [3.05, 3.63) is 69.0 Å². The molecule has 0 fully saturated rings. The second kappa shape index (κ2) is 8.58. The van der Waals surface area contributed by atoms with Gasteiger partial charge in [0.25, 0.3) is 0 Å². The molecule has 2 aromatic heterocycles. The van der Waals surface area contributed by atoms with Crippen LogP contribution in [-0.4, -0.2) is 30.4 Å². The van der Waals surface area contributed by atoms with Crippen LogP contribution in [0, 0.1) is 24.0 Å². The van der Waals surface area contributed by atoms with E-state index >= 15 is 0 Å². The smallest absolute Gasteiger partial charge is 0.358 e. The Morgan fingerprint density at radius 1 is 1.13 bits per heavy atom. The van der Waals surface area contributed by atoms with E-state index in [2.05, 4.69) is 15.5 Å². The van der Waals surface area contributed by atoms with Gasteiger partial charge in [0, 0.05) is 18.2 Å². The lowest BCUT2D eigenvalue weighted by Crippen LogP contribution is -2.16. The minimum atomic E-state index is -4.43. The van der Waals surface area contributed by atoms with Gasteiger partial charge in [-0.2, -0.15) is 23.0 Å². The predicted molar refractivity (Wildman–Crippen MR) is 104 cm³/mol. The second-order valence-electron chi connectivity index (χ2n) is 6.95. The van der Waals surface area contributed by atoms with Gasteiger partial charge in [-0.05, 0) is 36.5 Å². The summed E-state index contributed by atoms with van der Waals surface area (Å²) >= 11 is 0. The zero-order valence-electron chi connectivity index (χ0n) is 16.7. The quantitative estimate of drug-likeness (QED) is 0.449. The summed E-state index contributed by atoms with van der Waals surface area (Å²) in [5.74, 6) is -0.402. The van der Waals surface area contributed by atoms with Crippen LogP contribution in [0.2, 0.25) is 0 Å². The molecule has 9 nitrogen and oxygen atoms in total. The summed E-state index contributed by atoms with van der Waals surface area (Å²) in [4.78, 5) is 22.4. The molecule has 1 aromatic carbocycles. The maximum absolute atomic E-state index is 12.9. The number of alkyl halides is 3. The first-order valence-electron chi connectivity index (χ1n) is 9.22. The fraction of sp³-hybridized carbons (Fsp3) is 0.316. The number of amides is 1. The van der Waals surface area contributed by atoms with Gasteiger partial charge in [-0.1, -0.05) is 12.1 Å². The number of rotatable bonds is 7. The maximum atomic E-state index is 12.9. The van der Waals surface area contributed by atoms with E-state index in [1.54, 1.807) is 26.0 Å². The lowest BCUT2D eigenvalue weighted by molar-refractivity contribution is -0.389. The molecule has 2 heterocycles. The third-order valence-electron chi connectivity index (χ3n) is 4.54. The summed E-state index contributed by atoms with van der Waals surface area (Å²) in [6.07, 6.45) is -4.42. The van der Waals surface area contributed by atoms with E-state index in [9.17, 15) is 28.1 Å². The fourth-order valence-electron chi connectivity index (χ4n) is 2.97. The van der Waals surface area contributed by atoms with Crippen LogP contribution >= 0.6 is 0 Å². The lowest BCUT2D eigenvalue weighted by atomic mass is 10.1. The Hall–Kier alpha value is -3.70. The highest BCUT2D eigenvalue weighted by molar-refractivity contribution is 5.89. The van der Waals surface area contributed by atoms with Crippen LogP contribution < -0.4 is 5.32 Å². The molecule has 0 unspecified atom stereocenters. The number of anilines is 1. The molecule has 3 rings (SSSR count). The monoisotopic (exact) mass is 436 g/mol. The van der Waals surface area contributed by atoms with Crippen LogP contribution in [-0.2, 0) is 24.1 Å². The third-order valence-corrected chi connectivity index (χ3v) is 4.54. The number of hydrogen-bond acceptors (Lipinski definition) is 5. The number of carbonyl (C=O) groups excluding carboxylic acids is 1. The van der Waals surface area contributed by atoms with Gasteiger partial charge in [0.05, 0.1) is 35.5 Å². The Labute approximate surface area is 174 Å². The van der Waals surface area contributed by atoms with Crippen molar-refractivity contribution < 1.29 is 22.9 Å². The van der Waals surface area contributed by atoms with E-state index in [-0.39, 0.29) is 37.1 Å². The molecule has 0 bridgehead atoms. The molecule has 0 saturated carbocycles. The van der Waals surface area contributed by atoms with Gasteiger partial charge in [0.15, 0.2) is 5.82 Å². The van der Waals surface area contributed by atoms with Crippen LogP contribution in [0.4, 0.5) is 24.8 Å². The van der Waals surface area contributed by atoms with Gasteiger partial charge in [-0.15, -0.1) is 0 Å². The molecule has 0 saturated heterocycles. The van der Waals surface area contributed by atoms with Crippen LogP contribution in [0.15, 0.2) is 36.4 Å². The topological polar surface area (TPSA) is 108 Å². The second-order valence-corrected chi connectivity index (χ2v) is 6.95. The van der Waals surface area contributed by atoms with Crippen LogP contribution in [0.3, 0.4) is 0 Å². The van der Waals surface area contributed by atoms with Crippen LogP contribution in [0.25, 0.3) is 0 Å². The van der Waals surface area contributed by atoms with Gasteiger partial charge in [-0.25, -0.2) is 0 Å². The maximum Gasteiger partial charge on any atom is 0.416 e. The van der Waals surface area contributed by atoms with E-state index in [1.807, 2.05) is 0 Å². The van der Waals surface area contributed by atoms with Crippen molar-refractivity contribution in [1.29, 1.82) is 0 Å². The van der Waals surface area contributed by atoms with Gasteiger partial charge in [-0.3, -0.25) is 9.48 Å². The number of nitro groups is 1. The Balaban J connectivity index is 1.62. The molecule has 1 N–H and O–H groups in total. The average molecular weight is 436 g/mol. The zero-order chi connectivity index (χ0) is 22.8. The van der Waals surface area contributed by atoms with Crippen molar-refractivity contribution in [2.45, 2.75) is 39.5 Å². The number of carbonyl (C=O) groups is 1. The summed E-state index contributed by atoms with van der Waals surface area (Å²) in [7, 11) is 0. The minimum Gasteiger partial charge on any atom is -0.358 e. The summed E-state index contributed by atoms with van der Waals surface area (Å²) in [6.45, 7) is 3.64. The molecule has 12 heteroatoms. The highest BCUT2D eigenvalue weighted by atomic mass is 19.4. The standard InChI is InChI=1S/C19H19F3N6O3/c1-12-8-16(23-18(29)6-7-26-13(2)9-17(25-26)28(30)31)24-27(12)11-14-4-3-5-15(10-14)19(20,21)22/h3-5,8-10H,6-7,11H2,1-2H3,(H,23,24,29). The number of nitrogens with zero attached hydrogens (tertiary/aromatic N) is 5. The summed E-state index contributed by atoms with van der Waals surface area (Å²) in [5.41, 5.74) is 0.902. The fourth-order valence-corrected chi connectivity index (χ4v) is 2.97. The molecule has 0 aliphatic carbocycles. The van der Waals surface area contributed by atoms with Crippen LogP contribution in [0.1, 0.15) is 28.9 Å². The van der Waals surface area contributed by atoms with Crippen molar-refractivity contribution in [3.63, 3.8) is 0 Å². The summed E-state index contributed by atoms with van der Waals surface area (Å²) in [6, 6.07) is 7.89. The average Bonchev–Trinajstić information content (AvgIpc) is 3.22. The SMILES string of the molecule is Cc1cc(NC(=O)CCn2nc([N+](=O)[O-])cc2C)nn1Cc1cccc(C(F)(F)F)c1. The van der Waals surface area contributed by atoms with Gasteiger partial charge >= 0.3 is 12.0 Å². The number of aryl methyl sites for hydroxylation is 3. The lowest BCUT2D eigenvalue weighted by Gasteiger charge is -2.09. The van der Waals surface area contributed by atoms with Gasteiger partial charge < -0.3 is 15.4 Å². The number of nitrogens with one attached hydrogen (secondary N) is 1. The number of benzene rings is 1. The highest BCUT2D eigenvalue weighted by Crippen LogP contribution is 2.29. The normalized spacial score (nSPS) is 11.5. The van der Waals surface area contributed by atoms with E-state index in [0.29, 0.717) is 17.0 Å². The van der Waals surface area contributed by atoms with E-state index in [4.69, 9.17) is 0 Å². The number of hydrogen-bond donors (Lipinski definition) is 1. The van der Waals surface area contributed by atoms with Gasteiger partial charge in [0.2, 0.25) is 5.91 Å². The first-order chi connectivity index (χ1) is 14.5. The van der Waals surface area contributed by atoms with E-state index in [0.717, 1.165) is 12.1 Å². The number of aromatic nitrogens is 4. The molecule has 0 atom stereocenters. The Morgan fingerprint density at radius 3 is 2.48 bits per heavy atom. The number of halogens is 3. The Morgan fingerprint density at radius 2 is 1.84 bits per heavy atom. The van der Waals surface area contributed by atoms with Crippen LogP contribution in [0.5, 0.6) is 0 Å². The third kappa shape index (κ3) is 5.47. The molecule has 164 valence electrons. The first-order valence-corrected chi connectivity index (χ1v) is 9.22. The first kappa shape index (κ1) is 22.0.